The molecule has 0 atom stereocenters. The molecule has 40 heavy (non-hydrogen) atoms. The molecule has 0 aliphatic heterocycles. The van der Waals surface area contributed by atoms with Crippen LogP contribution in [-0.4, -0.2) is 24.5 Å². The van der Waals surface area contributed by atoms with Gasteiger partial charge in [-0.15, -0.1) is 0 Å². The minimum absolute atomic E-state index is 0.0912. The third-order valence-electron chi connectivity index (χ3n) is 8.29. The van der Waals surface area contributed by atoms with Crippen molar-refractivity contribution in [1.82, 2.24) is 24.5 Å². The lowest BCUT2D eigenvalue weighted by Crippen LogP contribution is -2.30. The molecule has 2 aliphatic rings. The summed E-state index contributed by atoms with van der Waals surface area (Å²) in [7, 11) is 1.45. The molecular formula is C30H29F4N5O. The van der Waals surface area contributed by atoms with Crippen LogP contribution in [0.2, 0.25) is 0 Å². The van der Waals surface area contributed by atoms with Gasteiger partial charge in [-0.1, -0.05) is 12.1 Å². The molecule has 0 bridgehead atoms. The van der Waals surface area contributed by atoms with Gasteiger partial charge in [0.05, 0.1) is 24.1 Å². The van der Waals surface area contributed by atoms with E-state index in [2.05, 4.69) is 15.2 Å². The molecular weight excluding hydrogens is 522 g/mol. The lowest BCUT2D eigenvalue weighted by atomic mass is 9.76. The molecule has 0 spiro atoms. The number of aromatic nitrogens is 5. The Morgan fingerprint density at radius 2 is 1.57 bits per heavy atom. The van der Waals surface area contributed by atoms with E-state index in [0.29, 0.717) is 37.2 Å². The van der Waals surface area contributed by atoms with E-state index in [0.717, 1.165) is 28.8 Å². The first-order valence-corrected chi connectivity index (χ1v) is 13.6. The SMILES string of the molecule is Cn1ncc(-c2cc(C3CCC(c4c(F)cccc4F)CC3)c(=O)n(Cc3ncccc3C3CC3)n2)c1C(F)F. The summed E-state index contributed by atoms with van der Waals surface area (Å²) < 4.78 is 59.3. The van der Waals surface area contributed by atoms with Gasteiger partial charge < -0.3 is 0 Å². The van der Waals surface area contributed by atoms with E-state index >= 15 is 0 Å². The number of alkyl halides is 2. The van der Waals surface area contributed by atoms with Crippen LogP contribution >= 0.6 is 0 Å². The van der Waals surface area contributed by atoms with Crippen LogP contribution in [0.3, 0.4) is 0 Å². The van der Waals surface area contributed by atoms with Crippen LogP contribution in [0.25, 0.3) is 11.3 Å². The van der Waals surface area contributed by atoms with E-state index in [4.69, 9.17) is 0 Å². The van der Waals surface area contributed by atoms with Crippen LogP contribution in [-0.2, 0) is 13.6 Å². The smallest absolute Gasteiger partial charge is 0.267 e. The Morgan fingerprint density at radius 1 is 0.925 bits per heavy atom. The monoisotopic (exact) mass is 551 g/mol. The highest BCUT2D eigenvalue weighted by molar-refractivity contribution is 5.62. The average Bonchev–Trinajstić information content (AvgIpc) is 3.71. The molecule has 0 saturated heterocycles. The summed E-state index contributed by atoms with van der Waals surface area (Å²) in [6.45, 7) is 0.117. The largest absolute Gasteiger partial charge is 0.280 e. The van der Waals surface area contributed by atoms with Crippen molar-refractivity contribution in [1.29, 1.82) is 0 Å². The molecule has 3 aromatic heterocycles. The topological polar surface area (TPSA) is 65.6 Å². The quantitative estimate of drug-likeness (QED) is 0.242. The lowest BCUT2D eigenvalue weighted by Gasteiger charge is -2.29. The third-order valence-corrected chi connectivity index (χ3v) is 8.29. The van der Waals surface area contributed by atoms with Crippen molar-refractivity contribution in [3.8, 4) is 11.3 Å². The van der Waals surface area contributed by atoms with Gasteiger partial charge in [-0.05, 0) is 86.1 Å². The molecule has 0 N–H and O–H groups in total. The van der Waals surface area contributed by atoms with Gasteiger partial charge in [0.1, 0.15) is 17.3 Å². The summed E-state index contributed by atoms with van der Waals surface area (Å²) in [6.07, 6.45) is 4.42. The molecule has 2 saturated carbocycles. The molecule has 2 aliphatic carbocycles. The number of aryl methyl sites for hydroxylation is 1. The molecule has 6 nitrogen and oxygen atoms in total. The van der Waals surface area contributed by atoms with Crippen molar-refractivity contribution in [3.05, 3.63) is 98.9 Å². The van der Waals surface area contributed by atoms with Crippen LogP contribution in [0, 0.1) is 11.6 Å². The molecule has 1 aromatic carbocycles. The summed E-state index contributed by atoms with van der Waals surface area (Å²) in [5.41, 5.74) is 2.19. The van der Waals surface area contributed by atoms with E-state index in [-0.39, 0.29) is 46.5 Å². The molecule has 0 unspecified atom stereocenters. The third kappa shape index (κ3) is 4.95. The molecule has 3 heterocycles. The standard InChI is InChI=1S/C30H29F4N5O/c1-38-28(29(33)34)22(15-36-38)25-14-21(18-9-11-19(12-10-18)27-23(31)5-2-6-24(27)32)30(40)39(37-25)16-26-20(17-7-8-17)4-3-13-35-26/h2-6,13-15,17-19,29H,7-12,16H2,1H3. The van der Waals surface area contributed by atoms with Crippen LogP contribution in [0.1, 0.15) is 90.8 Å². The van der Waals surface area contributed by atoms with E-state index < -0.39 is 18.1 Å². The summed E-state index contributed by atoms with van der Waals surface area (Å²) in [6, 6.07) is 9.35. The van der Waals surface area contributed by atoms with Crippen molar-refractivity contribution in [2.24, 2.45) is 7.05 Å². The average molecular weight is 552 g/mol. The fourth-order valence-corrected chi connectivity index (χ4v) is 6.08. The Labute approximate surface area is 228 Å². The zero-order chi connectivity index (χ0) is 28.0. The Hall–Kier alpha value is -3.82. The molecule has 10 heteroatoms. The van der Waals surface area contributed by atoms with E-state index in [1.807, 2.05) is 12.1 Å². The van der Waals surface area contributed by atoms with Crippen molar-refractivity contribution in [2.45, 2.75) is 69.2 Å². The van der Waals surface area contributed by atoms with E-state index in [1.54, 1.807) is 12.3 Å². The van der Waals surface area contributed by atoms with Crippen LogP contribution in [0.15, 0.2) is 53.6 Å². The maximum atomic E-state index is 14.4. The molecule has 4 aromatic rings. The van der Waals surface area contributed by atoms with Crippen LogP contribution in [0.5, 0.6) is 0 Å². The Kier molecular flexibility index (Phi) is 7.02. The Balaban J connectivity index is 1.38. The maximum absolute atomic E-state index is 14.4. The van der Waals surface area contributed by atoms with Crippen molar-refractivity contribution < 1.29 is 17.6 Å². The predicted octanol–water partition coefficient (Wildman–Crippen LogP) is 6.62. The van der Waals surface area contributed by atoms with Gasteiger partial charge in [0.25, 0.3) is 12.0 Å². The highest BCUT2D eigenvalue weighted by atomic mass is 19.3. The minimum Gasteiger partial charge on any atom is -0.267 e. The molecule has 6 rings (SSSR count). The summed E-state index contributed by atoms with van der Waals surface area (Å²) in [5.74, 6) is -1.21. The lowest BCUT2D eigenvalue weighted by molar-refractivity contribution is 0.141. The van der Waals surface area contributed by atoms with Gasteiger partial charge in [-0.3, -0.25) is 14.5 Å². The first-order valence-electron chi connectivity index (χ1n) is 13.6. The Morgan fingerprint density at radius 3 is 2.25 bits per heavy atom. The minimum atomic E-state index is -2.78. The zero-order valence-electron chi connectivity index (χ0n) is 22.0. The second-order valence-electron chi connectivity index (χ2n) is 10.8. The van der Waals surface area contributed by atoms with E-state index in [9.17, 15) is 22.4 Å². The van der Waals surface area contributed by atoms with Crippen molar-refractivity contribution in [2.75, 3.05) is 0 Å². The first-order chi connectivity index (χ1) is 19.3. The van der Waals surface area contributed by atoms with Crippen LogP contribution in [0.4, 0.5) is 17.6 Å². The number of hydrogen-bond acceptors (Lipinski definition) is 4. The van der Waals surface area contributed by atoms with Gasteiger partial charge in [-0.25, -0.2) is 22.2 Å². The number of pyridine rings is 1. The normalized spacial score (nSPS) is 19.4. The highest BCUT2D eigenvalue weighted by Gasteiger charge is 2.31. The molecule has 2 fully saturated rings. The zero-order valence-corrected chi connectivity index (χ0v) is 22.0. The number of benzene rings is 1. The van der Waals surface area contributed by atoms with Crippen molar-refractivity contribution >= 4 is 0 Å². The second kappa shape index (κ2) is 10.6. The van der Waals surface area contributed by atoms with Gasteiger partial charge in [0.2, 0.25) is 0 Å². The molecule has 0 amide bonds. The summed E-state index contributed by atoms with van der Waals surface area (Å²) in [4.78, 5) is 18.3. The summed E-state index contributed by atoms with van der Waals surface area (Å²) >= 11 is 0. The van der Waals surface area contributed by atoms with Gasteiger partial charge in [0, 0.05) is 29.9 Å². The summed E-state index contributed by atoms with van der Waals surface area (Å²) in [5, 5.41) is 8.56. The maximum Gasteiger partial charge on any atom is 0.280 e. The number of nitrogens with zero attached hydrogens (tertiary/aromatic N) is 5. The fourth-order valence-electron chi connectivity index (χ4n) is 6.08. The van der Waals surface area contributed by atoms with Gasteiger partial charge in [-0.2, -0.15) is 10.2 Å². The predicted molar refractivity (Wildman–Crippen MR) is 141 cm³/mol. The van der Waals surface area contributed by atoms with Crippen LogP contribution < -0.4 is 5.56 Å². The van der Waals surface area contributed by atoms with Crippen molar-refractivity contribution in [3.63, 3.8) is 0 Å². The first kappa shape index (κ1) is 26.4. The fraction of sp³-hybridized carbons (Fsp3) is 0.400. The van der Waals surface area contributed by atoms with E-state index in [1.165, 1.54) is 36.1 Å². The Bertz CT molecular complexity index is 1580. The highest BCUT2D eigenvalue weighted by Crippen LogP contribution is 2.43. The molecule has 0 radical (unpaired) electrons. The molecule has 208 valence electrons. The second-order valence-corrected chi connectivity index (χ2v) is 10.8. The van der Waals surface area contributed by atoms with Gasteiger partial charge in [0.15, 0.2) is 0 Å². The number of halogens is 4. The van der Waals surface area contributed by atoms with Gasteiger partial charge >= 0.3 is 0 Å². The number of rotatable bonds is 7. The number of hydrogen-bond donors (Lipinski definition) is 0.